The van der Waals surface area contributed by atoms with E-state index in [2.05, 4.69) is 12.2 Å². The molecular weight excluding hydrogens is 176 g/mol. The van der Waals surface area contributed by atoms with Crippen LogP contribution in [0.3, 0.4) is 0 Å². The van der Waals surface area contributed by atoms with Crippen molar-refractivity contribution in [3.8, 4) is 0 Å². The van der Waals surface area contributed by atoms with Crippen LogP contribution in [0, 0.1) is 23.7 Å². The zero-order chi connectivity index (χ0) is 9.87. The van der Waals surface area contributed by atoms with E-state index in [-0.39, 0.29) is 24.0 Å². The van der Waals surface area contributed by atoms with Crippen LogP contribution in [0.15, 0.2) is 23.8 Å². The number of hydrogen-bond donors (Lipinski definition) is 2. The van der Waals surface area contributed by atoms with Crippen LogP contribution in [0.5, 0.6) is 0 Å². The van der Waals surface area contributed by atoms with Gasteiger partial charge < -0.3 is 10.2 Å². The molecule has 2 bridgehead atoms. The van der Waals surface area contributed by atoms with Crippen molar-refractivity contribution >= 4 is 0 Å². The maximum Gasteiger partial charge on any atom is 0.0786 e. The minimum atomic E-state index is -0.344. The number of aliphatic hydroxyl groups is 2. The Hall–Kier alpha value is -0.600. The van der Waals surface area contributed by atoms with Crippen molar-refractivity contribution < 1.29 is 10.2 Å². The summed E-state index contributed by atoms with van der Waals surface area (Å²) in [5.74, 6) is 1.53. The molecule has 0 spiro atoms. The van der Waals surface area contributed by atoms with Crippen molar-refractivity contribution in [3.63, 3.8) is 0 Å². The standard InChI is InChI=1S/C12H16O2/c1-6-4-9(13)10-7-2-3-8(5-7)11(10)12(6)14/h2-4,7-14H,5H2,1H3/t7-,8+,9-,10?,11?,12+/m1/s1. The highest BCUT2D eigenvalue weighted by Gasteiger charge is 2.52. The first kappa shape index (κ1) is 8.69. The summed E-state index contributed by atoms with van der Waals surface area (Å²) in [6.07, 6.45) is 6.73. The first-order valence-corrected chi connectivity index (χ1v) is 5.41. The third-order valence-electron chi connectivity index (χ3n) is 4.24. The van der Waals surface area contributed by atoms with Crippen LogP contribution in [0.1, 0.15) is 13.3 Å². The molecule has 1 fully saturated rings. The van der Waals surface area contributed by atoms with Crippen LogP contribution in [0.4, 0.5) is 0 Å². The van der Waals surface area contributed by atoms with Gasteiger partial charge in [0.25, 0.3) is 0 Å². The molecular formula is C12H16O2. The molecule has 2 unspecified atom stereocenters. The molecule has 3 aliphatic carbocycles. The topological polar surface area (TPSA) is 40.5 Å². The smallest absolute Gasteiger partial charge is 0.0786 e. The van der Waals surface area contributed by atoms with E-state index in [9.17, 15) is 10.2 Å². The molecule has 0 aromatic rings. The Balaban J connectivity index is 2.01. The summed E-state index contributed by atoms with van der Waals surface area (Å²) in [7, 11) is 0. The van der Waals surface area contributed by atoms with Gasteiger partial charge in [-0.2, -0.15) is 0 Å². The lowest BCUT2D eigenvalue weighted by molar-refractivity contribution is 0.0205. The molecule has 6 atom stereocenters. The summed E-state index contributed by atoms with van der Waals surface area (Å²) in [6.45, 7) is 1.92. The summed E-state index contributed by atoms with van der Waals surface area (Å²) in [5, 5.41) is 20.0. The van der Waals surface area contributed by atoms with Crippen LogP contribution in [-0.4, -0.2) is 22.4 Å². The summed E-state index contributed by atoms with van der Waals surface area (Å²) < 4.78 is 0. The Morgan fingerprint density at radius 3 is 2.50 bits per heavy atom. The van der Waals surface area contributed by atoms with Crippen LogP contribution >= 0.6 is 0 Å². The van der Waals surface area contributed by atoms with Crippen molar-refractivity contribution in [2.75, 3.05) is 0 Å². The highest BCUT2D eigenvalue weighted by atomic mass is 16.3. The van der Waals surface area contributed by atoms with E-state index < -0.39 is 0 Å². The van der Waals surface area contributed by atoms with E-state index in [0.717, 1.165) is 12.0 Å². The molecule has 0 radical (unpaired) electrons. The quantitative estimate of drug-likeness (QED) is 0.564. The lowest BCUT2D eigenvalue weighted by Gasteiger charge is -2.38. The molecule has 14 heavy (non-hydrogen) atoms. The minimum Gasteiger partial charge on any atom is -0.389 e. The molecule has 0 amide bonds. The number of allylic oxidation sites excluding steroid dienone is 2. The molecule has 0 aliphatic heterocycles. The van der Waals surface area contributed by atoms with E-state index in [4.69, 9.17) is 0 Å². The van der Waals surface area contributed by atoms with Gasteiger partial charge in [0, 0.05) is 11.8 Å². The van der Waals surface area contributed by atoms with Crippen molar-refractivity contribution in [2.45, 2.75) is 25.6 Å². The monoisotopic (exact) mass is 192 g/mol. The number of fused-ring (bicyclic) bond motifs is 5. The first-order chi connectivity index (χ1) is 6.68. The Kier molecular flexibility index (Phi) is 1.68. The van der Waals surface area contributed by atoms with E-state index >= 15 is 0 Å². The molecule has 2 heteroatoms. The van der Waals surface area contributed by atoms with Gasteiger partial charge in [-0.15, -0.1) is 0 Å². The summed E-state index contributed by atoms with van der Waals surface area (Å²) in [4.78, 5) is 0. The summed E-state index contributed by atoms with van der Waals surface area (Å²) in [6, 6.07) is 0. The van der Waals surface area contributed by atoms with E-state index in [1.54, 1.807) is 0 Å². The predicted octanol–water partition coefficient (Wildman–Crippen LogP) is 1.11. The predicted molar refractivity (Wildman–Crippen MR) is 53.5 cm³/mol. The number of rotatable bonds is 0. The van der Waals surface area contributed by atoms with Crippen LogP contribution in [-0.2, 0) is 0 Å². The van der Waals surface area contributed by atoms with Crippen LogP contribution in [0.25, 0.3) is 0 Å². The molecule has 3 aliphatic rings. The first-order valence-electron chi connectivity index (χ1n) is 5.41. The number of hydrogen-bond acceptors (Lipinski definition) is 2. The Morgan fingerprint density at radius 2 is 1.79 bits per heavy atom. The largest absolute Gasteiger partial charge is 0.389 e. The molecule has 2 nitrogen and oxygen atoms in total. The second kappa shape index (κ2) is 2.71. The van der Waals surface area contributed by atoms with Crippen molar-refractivity contribution in [1.82, 2.24) is 0 Å². The van der Waals surface area contributed by atoms with Crippen LogP contribution < -0.4 is 0 Å². The summed E-state index contributed by atoms with van der Waals surface area (Å²) in [5.41, 5.74) is 0.944. The van der Waals surface area contributed by atoms with Crippen molar-refractivity contribution in [3.05, 3.63) is 23.8 Å². The highest BCUT2D eigenvalue weighted by Crippen LogP contribution is 2.53. The Morgan fingerprint density at radius 1 is 1.14 bits per heavy atom. The lowest BCUT2D eigenvalue weighted by atomic mass is 9.71. The molecule has 1 saturated carbocycles. The fourth-order valence-electron chi connectivity index (χ4n) is 3.61. The molecule has 2 N–H and O–H groups in total. The highest BCUT2D eigenvalue weighted by molar-refractivity contribution is 5.26. The Labute approximate surface area is 83.9 Å². The van der Waals surface area contributed by atoms with E-state index in [0.29, 0.717) is 11.8 Å². The average Bonchev–Trinajstić information content (AvgIpc) is 2.73. The van der Waals surface area contributed by atoms with Crippen LogP contribution in [0.2, 0.25) is 0 Å². The normalized spacial score (nSPS) is 54.6. The maximum atomic E-state index is 10.1. The minimum absolute atomic E-state index is 0.267. The molecule has 0 saturated heterocycles. The second-order valence-corrected chi connectivity index (χ2v) is 4.95. The van der Waals surface area contributed by atoms with Gasteiger partial charge in [0.1, 0.15) is 0 Å². The van der Waals surface area contributed by atoms with Gasteiger partial charge in [0.2, 0.25) is 0 Å². The molecule has 3 rings (SSSR count). The van der Waals surface area contributed by atoms with Gasteiger partial charge in [-0.1, -0.05) is 18.2 Å². The molecule has 76 valence electrons. The van der Waals surface area contributed by atoms with Gasteiger partial charge in [-0.05, 0) is 30.8 Å². The summed E-state index contributed by atoms with van der Waals surface area (Å²) >= 11 is 0. The van der Waals surface area contributed by atoms with Gasteiger partial charge >= 0.3 is 0 Å². The lowest BCUT2D eigenvalue weighted by Crippen LogP contribution is -2.41. The molecule has 0 aromatic heterocycles. The maximum absolute atomic E-state index is 10.1. The van der Waals surface area contributed by atoms with E-state index in [1.807, 2.05) is 13.0 Å². The zero-order valence-corrected chi connectivity index (χ0v) is 8.30. The average molecular weight is 192 g/mol. The van der Waals surface area contributed by atoms with Gasteiger partial charge in [-0.25, -0.2) is 0 Å². The van der Waals surface area contributed by atoms with Crippen molar-refractivity contribution in [2.24, 2.45) is 23.7 Å². The third kappa shape index (κ3) is 0.931. The Bertz CT molecular complexity index is 318. The fraction of sp³-hybridized carbons (Fsp3) is 0.667. The van der Waals surface area contributed by atoms with Gasteiger partial charge in [-0.3, -0.25) is 0 Å². The zero-order valence-electron chi connectivity index (χ0n) is 8.30. The number of aliphatic hydroxyl groups excluding tert-OH is 2. The van der Waals surface area contributed by atoms with Gasteiger partial charge in [0.15, 0.2) is 0 Å². The molecule has 0 heterocycles. The second-order valence-electron chi connectivity index (χ2n) is 4.95. The fourth-order valence-corrected chi connectivity index (χ4v) is 3.61. The van der Waals surface area contributed by atoms with Gasteiger partial charge in [0.05, 0.1) is 12.2 Å². The van der Waals surface area contributed by atoms with Crippen molar-refractivity contribution in [1.29, 1.82) is 0 Å². The third-order valence-corrected chi connectivity index (χ3v) is 4.24. The SMILES string of the molecule is CC1=C[C@@H](O)C2C([C@H]3C=C[C@@H]2C3)[C@H]1O. The molecule has 0 aromatic carbocycles. The van der Waals surface area contributed by atoms with E-state index in [1.165, 1.54) is 0 Å².